The quantitative estimate of drug-likeness (QED) is 0.685. The first kappa shape index (κ1) is 9.88. The summed E-state index contributed by atoms with van der Waals surface area (Å²) in [5.74, 6) is 0.119. The molecule has 1 aromatic rings. The number of nitrogens with zero attached hydrogens (tertiary/aromatic N) is 1. The van der Waals surface area contributed by atoms with Gasteiger partial charge in [0.15, 0.2) is 11.1 Å². The highest BCUT2D eigenvalue weighted by atomic mass is 35.5. The second-order valence-electron chi connectivity index (χ2n) is 3.04. The summed E-state index contributed by atoms with van der Waals surface area (Å²) in [6.45, 7) is 0.386. The monoisotopic (exact) mass is 221 g/mol. The molecule has 2 rings (SSSR count). The first-order valence-electron chi connectivity index (χ1n) is 4.45. The van der Waals surface area contributed by atoms with Gasteiger partial charge in [0.25, 0.3) is 0 Å². The zero-order valence-corrected chi connectivity index (χ0v) is 8.57. The van der Waals surface area contributed by atoms with Crippen molar-refractivity contribution in [3.8, 4) is 6.07 Å². The minimum absolute atomic E-state index is 0.0477. The van der Waals surface area contributed by atoms with E-state index >= 15 is 0 Å². The summed E-state index contributed by atoms with van der Waals surface area (Å²) in [6, 6.07) is 11.4. The van der Waals surface area contributed by atoms with E-state index in [0.29, 0.717) is 6.61 Å². The van der Waals surface area contributed by atoms with Crippen molar-refractivity contribution in [2.24, 2.45) is 0 Å². The minimum atomic E-state index is -0.178. The van der Waals surface area contributed by atoms with Crippen LogP contribution in [0.4, 0.5) is 0 Å². The van der Waals surface area contributed by atoms with Crippen LogP contribution in [0.25, 0.3) is 0 Å². The number of hydrogen-bond donors (Lipinski definition) is 0. The van der Waals surface area contributed by atoms with Crippen LogP contribution in [0.15, 0.2) is 41.3 Å². The largest absolute Gasteiger partial charge is 0.459 e. The lowest BCUT2D eigenvalue weighted by Crippen LogP contribution is -1.98. The molecule has 1 atom stereocenters. The highest BCUT2D eigenvalue weighted by molar-refractivity contribution is 6.32. The van der Waals surface area contributed by atoms with Crippen LogP contribution in [0, 0.1) is 11.3 Å². The molecule has 0 radical (unpaired) electrons. The Morgan fingerprint density at radius 3 is 2.80 bits per heavy atom. The maximum absolute atomic E-state index is 8.55. The number of hydrogen-bond acceptors (Lipinski definition) is 3. The van der Waals surface area contributed by atoms with Gasteiger partial charge >= 0.3 is 5.95 Å². The van der Waals surface area contributed by atoms with E-state index in [-0.39, 0.29) is 17.1 Å². The summed E-state index contributed by atoms with van der Waals surface area (Å²) in [5.41, 5.74) is 1.01. The molecular weight excluding hydrogens is 214 g/mol. The van der Waals surface area contributed by atoms with E-state index in [9.17, 15) is 0 Å². The molecule has 1 aromatic carbocycles. The number of halogens is 1. The van der Waals surface area contributed by atoms with Crippen LogP contribution < -0.4 is 0 Å². The van der Waals surface area contributed by atoms with E-state index < -0.39 is 0 Å². The van der Waals surface area contributed by atoms with E-state index in [2.05, 4.69) is 0 Å². The van der Waals surface area contributed by atoms with Gasteiger partial charge in [-0.2, -0.15) is 5.26 Å². The highest BCUT2D eigenvalue weighted by Gasteiger charge is 2.26. The minimum Gasteiger partial charge on any atom is -0.459 e. The molecule has 1 saturated heterocycles. The molecule has 0 bridgehead atoms. The summed E-state index contributed by atoms with van der Waals surface area (Å²) in [6.07, 6.45) is -0.178. The average molecular weight is 222 g/mol. The number of ether oxygens (including phenoxy) is 2. The summed E-state index contributed by atoms with van der Waals surface area (Å²) in [4.78, 5) is 0. The highest BCUT2D eigenvalue weighted by Crippen LogP contribution is 2.30. The molecule has 3 nitrogen and oxygen atoms in total. The molecule has 76 valence electrons. The third kappa shape index (κ3) is 2.05. The fourth-order valence-electron chi connectivity index (χ4n) is 1.34. The van der Waals surface area contributed by atoms with Gasteiger partial charge in [-0.05, 0) is 5.56 Å². The van der Waals surface area contributed by atoms with Crippen molar-refractivity contribution >= 4 is 11.6 Å². The fourth-order valence-corrected chi connectivity index (χ4v) is 1.44. The third-order valence-electron chi connectivity index (χ3n) is 2.06. The van der Waals surface area contributed by atoms with Gasteiger partial charge in [-0.1, -0.05) is 41.9 Å². The zero-order valence-electron chi connectivity index (χ0n) is 7.81. The molecule has 0 spiro atoms. The van der Waals surface area contributed by atoms with E-state index in [1.165, 1.54) is 0 Å². The third-order valence-corrected chi connectivity index (χ3v) is 2.30. The van der Waals surface area contributed by atoms with Crippen molar-refractivity contribution < 1.29 is 9.47 Å². The first-order valence-corrected chi connectivity index (χ1v) is 4.83. The smallest absolute Gasteiger partial charge is 0.310 e. The van der Waals surface area contributed by atoms with E-state index in [1.54, 1.807) is 6.07 Å². The molecule has 1 aliphatic rings. The van der Waals surface area contributed by atoms with Gasteiger partial charge in [-0.25, -0.2) is 0 Å². The van der Waals surface area contributed by atoms with Crippen LogP contribution in [-0.4, -0.2) is 6.61 Å². The van der Waals surface area contributed by atoms with Crippen LogP contribution in [-0.2, 0) is 9.47 Å². The number of rotatable bonds is 1. The maximum atomic E-state index is 8.55. The van der Waals surface area contributed by atoms with Crippen molar-refractivity contribution in [1.29, 1.82) is 5.26 Å². The van der Waals surface area contributed by atoms with E-state index in [4.69, 9.17) is 26.3 Å². The second-order valence-corrected chi connectivity index (χ2v) is 3.42. The van der Waals surface area contributed by atoms with E-state index in [1.807, 2.05) is 30.3 Å². The summed E-state index contributed by atoms with van der Waals surface area (Å²) < 4.78 is 10.6. The summed E-state index contributed by atoms with van der Waals surface area (Å²) >= 11 is 5.59. The lowest BCUT2D eigenvalue weighted by molar-refractivity contribution is 0.142. The average Bonchev–Trinajstić information content (AvgIpc) is 2.78. The Bertz CT molecular complexity index is 422. The van der Waals surface area contributed by atoms with Gasteiger partial charge in [0.05, 0.1) is 0 Å². The Hall–Kier alpha value is -1.66. The summed E-state index contributed by atoms with van der Waals surface area (Å²) in [7, 11) is 0. The molecule has 0 aromatic heterocycles. The van der Waals surface area contributed by atoms with Gasteiger partial charge in [-0.15, -0.1) is 0 Å². The lowest BCUT2D eigenvalue weighted by atomic mass is 10.1. The Morgan fingerprint density at radius 2 is 2.13 bits per heavy atom. The van der Waals surface area contributed by atoms with Crippen LogP contribution in [0.5, 0.6) is 0 Å². The Kier molecular flexibility index (Phi) is 2.79. The number of allylic oxidation sites excluding steroid dienone is 1. The van der Waals surface area contributed by atoms with Crippen molar-refractivity contribution in [3.05, 3.63) is 46.9 Å². The van der Waals surface area contributed by atoms with Crippen LogP contribution in [0.2, 0.25) is 0 Å². The predicted molar refractivity (Wildman–Crippen MR) is 54.7 cm³/mol. The normalized spacial score (nSPS) is 22.5. The second kappa shape index (κ2) is 4.24. The van der Waals surface area contributed by atoms with E-state index in [0.717, 1.165) is 5.56 Å². The molecule has 1 unspecified atom stereocenters. The van der Waals surface area contributed by atoms with Gasteiger partial charge in [0.2, 0.25) is 0 Å². The van der Waals surface area contributed by atoms with Crippen molar-refractivity contribution in [2.75, 3.05) is 6.61 Å². The molecule has 0 N–H and O–H groups in total. The Morgan fingerprint density at radius 1 is 1.40 bits per heavy atom. The Labute approximate surface area is 92.5 Å². The number of benzene rings is 1. The van der Waals surface area contributed by atoms with Crippen LogP contribution >= 0.6 is 11.6 Å². The molecule has 0 amide bonds. The standard InChI is InChI=1S/C11H8ClNO2/c12-9(6-13)11-14-7-10(15-11)8-4-2-1-3-5-8/h1-5,10H,7H2/b11-9+. The van der Waals surface area contributed by atoms with Crippen molar-refractivity contribution in [3.63, 3.8) is 0 Å². The lowest BCUT2D eigenvalue weighted by Gasteiger charge is -2.06. The van der Waals surface area contributed by atoms with Crippen molar-refractivity contribution in [1.82, 2.24) is 0 Å². The molecule has 1 aliphatic heterocycles. The maximum Gasteiger partial charge on any atom is 0.310 e. The van der Waals surface area contributed by atoms with Crippen LogP contribution in [0.3, 0.4) is 0 Å². The zero-order chi connectivity index (χ0) is 10.7. The van der Waals surface area contributed by atoms with Gasteiger partial charge in [0.1, 0.15) is 12.7 Å². The molecule has 15 heavy (non-hydrogen) atoms. The molecular formula is C11H8ClNO2. The van der Waals surface area contributed by atoms with Crippen molar-refractivity contribution in [2.45, 2.75) is 6.10 Å². The molecule has 0 aliphatic carbocycles. The molecule has 0 saturated carbocycles. The predicted octanol–water partition coefficient (Wildman–Crippen LogP) is 2.71. The van der Waals surface area contributed by atoms with Gasteiger partial charge in [-0.3, -0.25) is 0 Å². The first-order chi connectivity index (χ1) is 7.31. The van der Waals surface area contributed by atoms with Crippen LogP contribution in [0.1, 0.15) is 11.7 Å². The molecule has 4 heteroatoms. The SMILES string of the molecule is N#C/C(Cl)=C1/OCC(c2ccccc2)O1. The Balaban J connectivity index is 2.16. The summed E-state index contributed by atoms with van der Waals surface area (Å²) in [5, 5.41) is 8.50. The van der Waals surface area contributed by atoms with Gasteiger partial charge in [0, 0.05) is 0 Å². The topological polar surface area (TPSA) is 42.2 Å². The number of nitriles is 1. The molecule has 1 heterocycles. The fraction of sp³-hybridized carbons (Fsp3) is 0.182. The van der Waals surface area contributed by atoms with Gasteiger partial charge < -0.3 is 9.47 Å². The molecule has 1 fully saturated rings.